The van der Waals surface area contributed by atoms with Crippen molar-refractivity contribution in [2.45, 2.75) is 31.3 Å². The van der Waals surface area contributed by atoms with E-state index in [1.165, 1.54) is 19.3 Å². The van der Waals surface area contributed by atoms with Crippen LogP contribution < -0.4 is 14.8 Å². The Morgan fingerprint density at radius 1 is 1.09 bits per heavy atom. The number of amides is 1. The molecule has 3 heterocycles. The Labute approximate surface area is 135 Å². The number of hydrogen-bond acceptors (Lipinski definition) is 5. The third-order valence-corrected chi connectivity index (χ3v) is 4.86. The van der Waals surface area contributed by atoms with Crippen LogP contribution in [0.1, 0.15) is 29.6 Å². The summed E-state index contributed by atoms with van der Waals surface area (Å²) in [5, 5.41) is 3.13. The molecule has 0 spiro atoms. The van der Waals surface area contributed by atoms with Crippen LogP contribution in [-0.2, 0) is 4.74 Å². The van der Waals surface area contributed by atoms with Gasteiger partial charge in [-0.25, -0.2) is 0 Å². The number of fused-ring (bicyclic) bond motifs is 1. The number of rotatable bonds is 3. The molecule has 1 amide bonds. The fourth-order valence-electron chi connectivity index (χ4n) is 3.58. The Bertz CT molecular complexity index is 586. The van der Waals surface area contributed by atoms with Gasteiger partial charge in [0.15, 0.2) is 11.5 Å². The van der Waals surface area contributed by atoms with Crippen LogP contribution in [0.2, 0.25) is 0 Å². The number of hydrogen-bond donors (Lipinski definition) is 1. The first-order valence-electron chi connectivity index (χ1n) is 8.33. The van der Waals surface area contributed by atoms with Gasteiger partial charge in [0.05, 0.1) is 25.3 Å². The molecule has 124 valence electrons. The van der Waals surface area contributed by atoms with Crippen molar-refractivity contribution in [1.29, 1.82) is 0 Å². The maximum absolute atomic E-state index is 12.5. The van der Waals surface area contributed by atoms with Crippen LogP contribution in [0.3, 0.4) is 0 Å². The maximum Gasteiger partial charge on any atom is 0.251 e. The molecular formula is C17H22N2O4. The Morgan fingerprint density at radius 3 is 2.78 bits per heavy atom. The number of nitrogens with one attached hydrogen (secondary N) is 1. The molecular weight excluding hydrogens is 296 g/mol. The summed E-state index contributed by atoms with van der Waals surface area (Å²) in [5.74, 6) is 1.24. The van der Waals surface area contributed by atoms with E-state index < -0.39 is 0 Å². The quantitative estimate of drug-likeness (QED) is 0.913. The van der Waals surface area contributed by atoms with Gasteiger partial charge in [-0.1, -0.05) is 6.42 Å². The third-order valence-electron chi connectivity index (χ3n) is 4.86. The average Bonchev–Trinajstić information content (AvgIpc) is 3.23. The average molecular weight is 318 g/mol. The van der Waals surface area contributed by atoms with E-state index in [1.54, 1.807) is 18.2 Å². The highest BCUT2D eigenvalue weighted by Crippen LogP contribution is 2.32. The van der Waals surface area contributed by atoms with Gasteiger partial charge < -0.3 is 19.5 Å². The largest absolute Gasteiger partial charge is 0.454 e. The van der Waals surface area contributed by atoms with Crippen molar-refractivity contribution in [2.24, 2.45) is 0 Å². The van der Waals surface area contributed by atoms with E-state index in [1.807, 2.05) is 0 Å². The normalized spacial score (nSPS) is 27.1. The predicted molar refractivity (Wildman–Crippen MR) is 83.9 cm³/mol. The lowest BCUT2D eigenvalue weighted by molar-refractivity contribution is 0.0899. The topological polar surface area (TPSA) is 60.0 Å². The van der Waals surface area contributed by atoms with Gasteiger partial charge in [-0.15, -0.1) is 0 Å². The molecule has 6 heteroatoms. The molecule has 1 aromatic carbocycles. The molecule has 0 saturated carbocycles. The second kappa shape index (κ2) is 6.37. The van der Waals surface area contributed by atoms with Crippen LogP contribution in [0, 0.1) is 0 Å². The molecule has 0 radical (unpaired) electrons. The summed E-state index contributed by atoms with van der Waals surface area (Å²) >= 11 is 0. The van der Waals surface area contributed by atoms with Crippen molar-refractivity contribution in [3.05, 3.63) is 23.8 Å². The molecule has 3 aliphatic rings. The van der Waals surface area contributed by atoms with Gasteiger partial charge in [0.25, 0.3) is 5.91 Å². The maximum atomic E-state index is 12.5. The number of piperidine rings is 1. The molecule has 0 aliphatic carbocycles. The molecule has 23 heavy (non-hydrogen) atoms. The number of nitrogens with zero attached hydrogens (tertiary/aromatic N) is 1. The number of ether oxygens (including phenoxy) is 3. The number of carbonyl (C=O) groups excluding carboxylic acids is 1. The van der Waals surface area contributed by atoms with Crippen LogP contribution in [0.15, 0.2) is 18.2 Å². The number of carbonyl (C=O) groups is 1. The molecule has 1 aromatic rings. The zero-order chi connectivity index (χ0) is 15.6. The highest BCUT2D eigenvalue weighted by molar-refractivity contribution is 5.95. The van der Waals surface area contributed by atoms with E-state index in [-0.39, 0.29) is 24.8 Å². The minimum atomic E-state index is -0.0826. The molecule has 1 N–H and O–H groups in total. The Balaban J connectivity index is 1.43. The summed E-state index contributed by atoms with van der Waals surface area (Å²) < 4.78 is 16.3. The lowest BCUT2D eigenvalue weighted by Gasteiger charge is -2.34. The van der Waals surface area contributed by atoms with Gasteiger partial charge in [-0.2, -0.15) is 0 Å². The van der Waals surface area contributed by atoms with Gasteiger partial charge in [0, 0.05) is 5.56 Å². The summed E-state index contributed by atoms with van der Waals surface area (Å²) in [6, 6.07) is 5.63. The molecule has 0 bridgehead atoms. The van der Waals surface area contributed by atoms with Crippen LogP contribution in [-0.4, -0.2) is 56.0 Å². The highest BCUT2D eigenvalue weighted by Gasteiger charge is 2.34. The molecule has 2 fully saturated rings. The highest BCUT2D eigenvalue weighted by atomic mass is 16.7. The Morgan fingerprint density at radius 2 is 1.91 bits per heavy atom. The molecule has 2 atom stereocenters. The van der Waals surface area contributed by atoms with Crippen molar-refractivity contribution in [3.63, 3.8) is 0 Å². The summed E-state index contributed by atoms with van der Waals surface area (Å²) in [6.45, 7) is 3.70. The van der Waals surface area contributed by atoms with Gasteiger partial charge in [0.2, 0.25) is 6.79 Å². The van der Waals surface area contributed by atoms with Crippen molar-refractivity contribution >= 4 is 5.91 Å². The molecule has 6 nitrogen and oxygen atoms in total. The SMILES string of the molecule is O=C(N[C@H]1COC[C@@H]1N1CCCCC1)c1ccc2c(c1)OCO2. The van der Waals surface area contributed by atoms with E-state index in [9.17, 15) is 4.79 Å². The van der Waals surface area contributed by atoms with Crippen LogP contribution in [0.25, 0.3) is 0 Å². The van der Waals surface area contributed by atoms with Crippen LogP contribution in [0.4, 0.5) is 0 Å². The van der Waals surface area contributed by atoms with E-state index in [4.69, 9.17) is 14.2 Å². The Kier molecular flexibility index (Phi) is 4.10. The number of benzene rings is 1. The van der Waals surface area contributed by atoms with Gasteiger partial charge in [0.1, 0.15) is 0 Å². The first kappa shape index (κ1) is 14.8. The molecule has 4 rings (SSSR count). The monoisotopic (exact) mass is 318 g/mol. The fourth-order valence-corrected chi connectivity index (χ4v) is 3.58. The van der Waals surface area contributed by atoms with E-state index in [2.05, 4.69) is 10.2 Å². The predicted octanol–water partition coefficient (Wildman–Crippen LogP) is 1.40. The summed E-state index contributed by atoms with van der Waals surface area (Å²) in [7, 11) is 0. The zero-order valence-corrected chi connectivity index (χ0v) is 13.1. The lowest BCUT2D eigenvalue weighted by atomic mass is 10.0. The van der Waals surface area contributed by atoms with Crippen molar-refractivity contribution < 1.29 is 19.0 Å². The van der Waals surface area contributed by atoms with E-state index >= 15 is 0 Å². The minimum Gasteiger partial charge on any atom is -0.454 e. The van der Waals surface area contributed by atoms with Crippen LogP contribution in [0.5, 0.6) is 11.5 Å². The fraction of sp³-hybridized carbons (Fsp3) is 0.588. The lowest BCUT2D eigenvalue weighted by Crippen LogP contribution is -2.52. The summed E-state index contributed by atoms with van der Waals surface area (Å²) in [5.41, 5.74) is 0.596. The minimum absolute atomic E-state index is 0.0472. The van der Waals surface area contributed by atoms with Crippen LogP contribution >= 0.6 is 0 Å². The van der Waals surface area contributed by atoms with E-state index in [0.717, 1.165) is 13.1 Å². The van der Waals surface area contributed by atoms with Crippen molar-refractivity contribution in [3.8, 4) is 11.5 Å². The van der Waals surface area contributed by atoms with E-state index in [0.29, 0.717) is 30.3 Å². The molecule has 2 saturated heterocycles. The van der Waals surface area contributed by atoms with Gasteiger partial charge in [-0.05, 0) is 44.1 Å². The standard InChI is InChI=1S/C17H22N2O4/c20-17(12-4-5-15-16(8-12)23-11-22-15)18-13-9-21-10-14(13)19-6-2-1-3-7-19/h4-5,8,13-14H,1-3,6-7,9-11H2,(H,18,20)/t13-,14-/m0/s1. The van der Waals surface area contributed by atoms with Crippen molar-refractivity contribution in [2.75, 3.05) is 33.1 Å². The summed E-state index contributed by atoms with van der Waals surface area (Å²) in [6.07, 6.45) is 3.77. The van der Waals surface area contributed by atoms with Crippen molar-refractivity contribution in [1.82, 2.24) is 10.2 Å². The molecule has 0 unspecified atom stereocenters. The zero-order valence-electron chi connectivity index (χ0n) is 13.1. The molecule has 0 aromatic heterocycles. The Hall–Kier alpha value is -1.79. The van der Waals surface area contributed by atoms with Gasteiger partial charge in [-0.3, -0.25) is 9.69 Å². The summed E-state index contributed by atoms with van der Waals surface area (Å²) in [4.78, 5) is 15.0. The molecule has 3 aliphatic heterocycles. The first-order chi connectivity index (χ1) is 11.3. The second-order valence-electron chi connectivity index (χ2n) is 6.35. The third kappa shape index (κ3) is 3.01. The smallest absolute Gasteiger partial charge is 0.251 e. The first-order valence-corrected chi connectivity index (χ1v) is 8.33. The second-order valence-corrected chi connectivity index (χ2v) is 6.35. The number of likely N-dealkylation sites (tertiary alicyclic amines) is 1. The van der Waals surface area contributed by atoms with Gasteiger partial charge >= 0.3 is 0 Å².